The molecule has 0 spiro atoms. The van der Waals surface area contributed by atoms with Crippen molar-refractivity contribution in [3.8, 4) is 11.3 Å². The molecule has 3 heterocycles. The van der Waals surface area contributed by atoms with Gasteiger partial charge >= 0.3 is 0 Å². The first-order chi connectivity index (χ1) is 13.2. The first kappa shape index (κ1) is 20.2. The second-order valence-electron chi connectivity index (χ2n) is 6.30. The summed E-state index contributed by atoms with van der Waals surface area (Å²) < 4.78 is 19.9. The molecule has 148 valence electrons. The van der Waals surface area contributed by atoms with Gasteiger partial charge in [0, 0.05) is 44.6 Å². The Labute approximate surface area is 169 Å². The maximum atomic E-state index is 14.2. The van der Waals surface area contributed by atoms with Crippen molar-refractivity contribution in [3.05, 3.63) is 42.5 Å². The van der Waals surface area contributed by atoms with Crippen LogP contribution in [-0.2, 0) is 4.74 Å². The lowest BCUT2D eigenvalue weighted by atomic mass is 10.1. The van der Waals surface area contributed by atoms with E-state index in [4.69, 9.17) is 4.74 Å². The highest BCUT2D eigenvalue weighted by atomic mass is 32.1. The van der Waals surface area contributed by atoms with Crippen molar-refractivity contribution in [1.29, 1.82) is 0 Å². The number of fused-ring (bicyclic) bond motifs is 1. The van der Waals surface area contributed by atoms with E-state index in [1.807, 2.05) is 12.1 Å². The Morgan fingerprint density at radius 2 is 2.11 bits per heavy atom. The lowest BCUT2D eigenvalue weighted by molar-refractivity contribution is 0.0372. The van der Waals surface area contributed by atoms with E-state index in [0.29, 0.717) is 46.9 Å². The first-order valence-corrected chi connectivity index (χ1v) is 8.90. The second-order valence-corrected chi connectivity index (χ2v) is 6.30. The Morgan fingerprint density at radius 1 is 1.25 bits per heavy atom. The van der Waals surface area contributed by atoms with Gasteiger partial charge in [0.25, 0.3) is 0 Å². The molecule has 3 N–H and O–H groups in total. The minimum atomic E-state index is -0.327. The predicted octanol–water partition coefficient (Wildman–Crippen LogP) is 2.39. The summed E-state index contributed by atoms with van der Waals surface area (Å²) in [4.78, 5) is 13.5. The largest absolute Gasteiger partial charge is 0.386 e. The molecular formula is C19H23FN6OS. The molecule has 2 aromatic heterocycles. The van der Waals surface area contributed by atoms with Crippen LogP contribution in [-0.4, -0.2) is 54.3 Å². The van der Waals surface area contributed by atoms with Crippen molar-refractivity contribution >= 4 is 36.0 Å². The number of morpholine rings is 1. The van der Waals surface area contributed by atoms with Crippen LogP contribution in [0.25, 0.3) is 22.3 Å². The summed E-state index contributed by atoms with van der Waals surface area (Å²) >= 11 is 0. The lowest BCUT2D eigenvalue weighted by Crippen LogP contribution is -2.42. The van der Waals surface area contributed by atoms with Crippen LogP contribution in [0.1, 0.15) is 0 Å². The van der Waals surface area contributed by atoms with Crippen molar-refractivity contribution in [1.82, 2.24) is 20.3 Å². The first-order valence-electron chi connectivity index (χ1n) is 8.90. The number of hydrogen-bond acceptors (Lipinski definition) is 7. The van der Waals surface area contributed by atoms with Crippen molar-refractivity contribution in [2.24, 2.45) is 0 Å². The number of nitrogens with one attached hydrogen (secondary N) is 3. The van der Waals surface area contributed by atoms with Crippen LogP contribution in [0.5, 0.6) is 0 Å². The number of ether oxygens (including phenoxy) is 1. The van der Waals surface area contributed by atoms with Crippen LogP contribution in [0.2, 0.25) is 0 Å². The van der Waals surface area contributed by atoms with E-state index in [9.17, 15) is 4.39 Å². The van der Waals surface area contributed by atoms with Crippen LogP contribution in [0, 0.1) is 5.82 Å². The minimum Gasteiger partial charge on any atom is -0.386 e. The van der Waals surface area contributed by atoms with Crippen molar-refractivity contribution < 1.29 is 9.13 Å². The average molecular weight is 402 g/mol. The van der Waals surface area contributed by atoms with Gasteiger partial charge in [-0.05, 0) is 18.2 Å². The molecule has 0 bridgehead atoms. The summed E-state index contributed by atoms with van der Waals surface area (Å²) in [5.74, 6) is 0.287. The Balaban J connectivity index is 0.00000225. The minimum absolute atomic E-state index is 0. The zero-order valence-electron chi connectivity index (χ0n) is 15.5. The summed E-state index contributed by atoms with van der Waals surface area (Å²) in [6, 6.07) is 6.81. The van der Waals surface area contributed by atoms with E-state index < -0.39 is 0 Å². The van der Waals surface area contributed by atoms with E-state index in [-0.39, 0.29) is 25.4 Å². The summed E-state index contributed by atoms with van der Waals surface area (Å²) in [5, 5.41) is 9.44. The van der Waals surface area contributed by atoms with Gasteiger partial charge in [0.15, 0.2) is 5.82 Å². The summed E-state index contributed by atoms with van der Waals surface area (Å²) in [5.41, 5.74) is 3.13. The fourth-order valence-electron chi connectivity index (χ4n) is 3.08. The van der Waals surface area contributed by atoms with Gasteiger partial charge in [0.2, 0.25) is 0 Å². The van der Waals surface area contributed by atoms with Crippen LogP contribution in [0.3, 0.4) is 0 Å². The molecule has 0 saturated carbocycles. The molecule has 0 aliphatic carbocycles. The highest BCUT2D eigenvalue weighted by molar-refractivity contribution is 7.59. The number of nitrogens with zero attached hydrogens (tertiary/aromatic N) is 3. The van der Waals surface area contributed by atoms with Crippen LogP contribution in [0.15, 0.2) is 36.7 Å². The molecule has 1 fully saturated rings. The topological polar surface area (TPSA) is 84.0 Å². The predicted molar refractivity (Wildman–Crippen MR) is 114 cm³/mol. The number of pyridine rings is 1. The smallest absolute Gasteiger partial charge is 0.154 e. The summed E-state index contributed by atoms with van der Waals surface area (Å²) in [7, 11) is 1.69. The van der Waals surface area contributed by atoms with Gasteiger partial charge in [-0.3, -0.25) is 4.98 Å². The lowest BCUT2D eigenvalue weighted by Gasteiger charge is -2.24. The maximum absolute atomic E-state index is 14.2. The standard InChI is InChI=1S/C19H21FN6O.H2S/c1-21-15-3-2-12(8-14(15)20)16-9-17-18(24-5-4-23-17)19(26-16)25-11-13-10-22-6-7-27-13;/h2-5,8-9,13,21-22H,6-7,10-11H2,1H3,(H,25,26);1H2/t13-;/m0./s1. The number of benzene rings is 1. The fourth-order valence-corrected chi connectivity index (χ4v) is 3.08. The highest BCUT2D eigenvalue weighted by Gasteiger charge is 2.16. The van der Waals surface area contributed by atoms with Gasteiger partial charge in [-0.25, -0.2) is 14.4 Å². The highest BCUT2D eigenvalue weighted by Crippen LogP contribution is 2.27. The molecular weight excluding hydrogens is 379 g/mol. The normalized spacial score (nSPS) is 16.4. The van der Waals surface area contributed by atoms with Gasteiger partial charge in [0.1, 0.15) is 11.3 Å². The van der Waals surface area contributed by atoms with Crippen LogP contribution < -0.4 is 16.0 Å². The zero-order valence-corrected chi connectivity index (χ0v) is 16.5. The maximum Gasteiger partial charge on any atom is 0.154 e. The summed E-state index contributed by atoms with van der Waals surface area (Å²) in [6.45, 7) is 2.94. The molecule has 1 atom stereocenters. The molecule has 7 nitrogen and oxygen atoms in total. The molecule has 3 aromatic rings. The van der Waals surface area contributed by atoms with E-state index in [1.54, 1.807) is 25.5 Å². The van der Waals surface area contributed by atoms with Crippen molar-refractivity contribution in [2.75, 3.05) is 43.9 Å². The molecule has 1 saturated heterocycles. The monoisotopic (exact) mass is 402 g/mol. The number of rotatable bonds is 5. The Hall–Kier alpha value is -2.49. The van der Waals surface area contributed by atoms with Crippen molar-refractivity contribution in [2.45, 2.75) is 6.10 Å². The van der Waals surface area contributed by atoms with E-state index in [2.05, 4.69) is 30.9 Å². The third kappa shape index (κ3) is 4.32. The molecule has 1 aliphatic rings. The number of hydrogen-bond donors (Lipinski definition) is 3. The average Bonchev–Trinajstić information content (AvgIpc) is 2.72. The summed E-state index contributed by atoms with van der Waals surface area (Å²) in [6.07, 6.45) is 3.33. The van der Waals surface area contributed by atoms with Gasteiger partial charge in [-0.1, -0.05) is 6.07 Å². The Morgan fingerprint density at radius 3 is 2.86 bits per heavy atom. The molecule has 0 unspecified atom stereocenters. The van der Waals surface area contributed by atoms with E-state index in [1.165, 1.54) is 6.07 Å². The van der Waals surface area contributed by atoms with Gasteiger partial charge in [-0.15, -0.1) is 0 Å². The third-order valence-electron chi connectivity index (χ3n) is 4.49. The van der Waals surface area contributed by atoms with Crippen molar-refractivity contribution in [3.63, 3.8) is 0 Å². The quantitative estimate of drug-likeness (QED) is 0.604. The molecule has 1 aliphatic heterocycles. The number of anilines is 2. The molecule has 1 aromatic carbocycles. The number of aromatic nitrogens is 3. The third-order valence-corrected chi connectivity index (χ3v) is 4.49. The Bertz CT molecular complexity index is 951. The Kier molecular flexibility index (Phi) is 6.61. The molecule has 4 rings (SSSR count). The van der Waals surface area contributed by atoms with E-state index in [0.717, 1.165) is 13.1 Å². The van der Waals surface area contributed by atoms with Gasteiger partial charge in [-0.2, -0.15) is 13.5 Å². The molecule has 0 amide bonds. The van der Waals surface area contributed by atoms with E-state index >= 15 is 0 Å². The van der Waals surface area contributed by atoms with Gasteiger partial charge < -0.3 is 20.7 Å². The van der Waals surface area contributed by atoms with Crippen LogP contribution in [0.4, 0.5) is 15.9 Å². The molecule has 0 radical (unpaired) electrons. The van der Waals surface area contributed by atoms with Gasteiger partial charge in [0.05, 0.1) is 29.6 Å². The SMILES string of the molecule is CNc1ccc(-c2cc3nccnc3c(NC[C@@H]3CNCCO3)n2)cc1F.S. The molecule has 28 heavy (non-hydrogen) atoms. The molecule has 9 heteroatoms. The number of halogens is 1. The van der Waals surface area contributed by atoms with Crippen LogP contribution >= 0.6 is 13.5 Å². The second kappa shape index (κ2) is 9.13. The fraction of sp³-hybridized carbons (Fsp3) is 0.316. The zero-order chi connectivity index (χ0) is 18.6.